The minimum Gasteiger partial charge on any atom is -0.0683 e. The lowest BCUT2D eigenvalue weighted by Crippen LogP contribution is -2.11. The number of rotatable bonds is 0. The van der Waals surface area contributed by atoms with E-state index in [2.05, 4.69) is 43.3 Å². The van der Waals surface area contributed by atoms with E-state index < -0.39 is 0 Å². The molecule has 1 atom stereocenters. The molecule has 0 N–H and O–H groups in total. The van der Waals surface area contributed by atoms with Crippen molar-refractivity contribution in [2.45, 2.75) is 40.0 Å². The molecular formula is C17H22. The van der Waals surface area contributed by atoms with Crippen molar-refractivity contribution in [2.75, 3.05) is 0 Å². The summed E-state index contributed by atoms with van der Waals surface area (Å²) in [6, 6.07) is 13.4. The van der Waals surface area contributed by atoms with Crippen LogP contribution < -0.4 is 0 Å². The molecule has 17 heavy (non-hydrogen) atoms. The summed E-state index contributed by atoms with van der Waals surface area (Å²) in [5.41, 5.74) is 3.18. The van der Waals surface area contributed by atoms with E-state index in [1.54, 1.807) is 11.1 Å². The molecule has 1 unspecified atom stereocenters. The van der Waals surface area contributed by atoms with Crippen molar-refractivity contribution in [2.24, 2.45) is 5.92 Å². The van der Waals surface area contributed by atoms with Gasteiger partial charge in [-0.05, 0) is 47.1 Å². The van der Waals surface area contributed by atoms with Crippen LogP contribution in [0.4, 0.5) is 0 Å². The van der Waals surface area contributed by atoms with Gasteiger partial charge in [-0.25, -0.2) is 0 Å². The Labute approximate surface area is 105 Å². The van der Waals surface area contributed by atoms with E-state index in [1.165, 1.54) is 30.0 Å². The van der Waals surface area contributed by atoms with E-state index in [0.29, 0.717) is 0 Å². The lowest BCUT2D eigenvalue weighted by Gasteiger charge is -2.23. The molecule has 0 nitrogen and oxygen atoms in total. The summed E-state index contributed by atoms with van der Waals surface area (Å²) in [5, 5.41) is 2.87. The van der Waals surface area contributed by atoms with Crippen molar-refractivity contribution in [3.8, 4) is 0 Å². The predicted octanol–water partition coefficient (Wildman–Crippen LogP) is 4.99. The Kier molecular flexibility index (Phi) is 3.83. The standard InChI is InChI=1S/C15H16.C2H6/c1-11-6-7-13-9-8-12-4-2-3-5-14(12)15(13)10-11;1-2/h2-5,8-9,11H,6-7,10H2,1H3;1-2H3. The van der Waals surface area contributed by atoms with Crippen molar-refractivity contribution in [1.82, 2.24) is 0 Å². The van der Waals surface area contributed by atoms with Crippen molar-refractivity contribution < 1.29 is 0 Å². The van der Waals surface area contributed by atoms with Gasteiger partial charge in [-0.1, -0.05) is 57.2 Å². The molecule has 0 aromatic heterocycles. The number of benzene rings is 2. The highest BCUT2D eigenvalue weighted by Crippen LogP contribution is 2.31. The molecule has 0 heterocycles. The fourth-order valence-corrected chi connectivity index (χ4v) is 2.71. The third kappa shape index (κ3) is 2.36. The zero-order valence-electron chi connectivity index (χ0n) is 11.2. The summed E-state index contributed by atoms with van der Waals surface area (Å²) in [6.07, 6.45) is 3.88. The summed E-state index contributed by atoms with van der Waals surface area (Å²) in [6.45, 7) is 6.37. The lowest BCUT2D eigenvalue weighted by molar-refractivity contribution is 0.504. The zero-order chi connectivity index (χ0) is 12.3. The van der Waals surface area contributed by atoms with Crippen LogP contribution in [0.5, 0.6) is 0 Å². The maximum atomic E-state index is 2.37. The Morgan fingerprint density at radius 3 is 2.59 bits per heavy atom. The van der Waals surface area contributed by atoms with Crippen LogP contribution >= 0.6 is 0 Å². The smallest absolute Gasteiger partial charge is 0.0149 e. The quantitative estimate of drug-likeness (QED) is 0.593. The van der Waals surface area contributed by atoms with Crippen molar-refractivity contribution in [1.29, 1.82) is 0 Å². The molecule has 0 radical (unpaired) electrons. The van der Waals surface area contributed by atoms with Gasteiger partial charge in [-0.2, -0.15) is 0 Å². The second-order valence-corrected chi connectivity index (χ2v) is 4.77. The Balaban J connectivity index is 0.000000514. The fourth-order valence-electron chi connectivity index (χ4n) is 2.71. The van der Waals surface area contributed by atoms with Crippen LogP contribution in [0.2, 0.25) is 0 Å². The number of aryl methyl sites for hydroxylation is 1. The Bertz CT molecular complexity index is 496. The van der Waals surface area contributed by atoms with Gasteiger partial charge in [-0.15, -0.1) is 0 Å². The number of hydrogen-bond donors (Lipinski definition) is 0. The molecule has 1 aliphatic rings. The van der Waals surface area contributed by atoms with Gasteiger partial charge >= 0.3 is 0 Å². The maximum Gasteiger partial charge on any atom is -0.0149 e. The monoisotopic (exact) mass is 226 g/mol. The van der Waals surface area contributed by atoms with Gasteiger partial charge in [0.25, 0.3) is 0 Å². The fraction of sp³-hybridized carbons (Fsp3) is 0.412. The van der Waals surface area contributed by atoms with Crippen LogP contribution in [-0.2, 0) is 12.8 Å². The van der Waals surface area contributed by atoms with Crippen LogP contribution in [-0.4, -0.2) is 0 Å². The van der Waals surface area contributed by atoms with Gasteiger partial charge in [0.15, 0.2) is 0 Å². The first-order valence-corrected chi connectivity index (χ1v) is 6.84. The Morgan fingerprint density at radius 1 is 1.00 bits per heavy atom. The second-order valence-electron chi connectivity index (χ2n) is 4.77. The van der Waals surface area contributed by atoms with Crippen molar-refractivity contribution in [3.05, 3.63) is 47.5 Å². The highest BCUT2D eigenvalue weighted by molar-refractivity contribution is 5.87. The average Bonchev–Trinajstić information content (AvgIpc) is 2.41. The third-order valence-corrected chi connectivity index (χ3v) is 3.60. The molecule has 0 saturated carbocycles. The first kappa shape index (κ1) is 12.2. The van der Waals surface area contributed by atoms with Crippen LogP contribution in [0.1, 0.15) is 38.3 Å². The van der Waals surface area contributed by atoms with E-state index in [4.69, 9.17) is 0 Å². The molecule has 0 aliphatic heterocycles. The van der Waals surface area contributed by atoms with Gasteiger partial charge in [0.1, 0.15) is 0 Å². The zero-order valence-corrected chi connectivity index (χ0v) is 11.2. The summed E-state index contributed by atoms with van der Waals surface area (Å²) in [7, 11) is 0. The minimum absolute atomic E-state index is 0.850. The van der Waals surface area contributed by atoms with Gasteiger partial charge in [0.2, 0.25) is 0 Å². The van der Waals surface area contributed by atoms with E-state index in [9.17, 15) is 0 Å². The SMILES string of the molecule is CC.CC1CCc2ccc3ccccc3c2C1. The Morgan fingerprint density at radius 2 is 1.76 bits per heavy atom. The molecule has 0 saturated heterocycles. The molecular weight excluding hydrogens is 204 g/mol. The number of fused-ring (bicyclic) bond motifs is 3. The largest absolute Gasteiger partial charge is 0.0683 e. The van der Waals surface area contributed by atoms with E-state index in [1.807, 2.05) is 13.8 Å². The summed E-state index contributed by atoms with van der Waals surface area (Å²) >= 11 is 0. The van der Waals surface area contributed by atoms with E-state index in [-0.39, 0.29) is 0 Å². The normalized spacial score (nSPS) is 18.2. The van der Waals surface area contributed by atoms with Crippen LogP contribution in [0.25, 0.3) is 10.8 Å². The Hall–Kier alpha value is -1.30. The molecule has 0 spiro atoms. The first-order chi connectivity index (χ1) is 8.34. The van der Waals surface area contributed by atoms with E-state index in [0.717, 1.165) is 5.92 Å². The summed E-state index contributed by atoms with van der Waals surface area (Å²) in [5.74, 6) is 0.850. The van der Waals surface area contributed by atoms with Gasteiger partial charge in [0, 0.05) is 0 Å². The highest BCUT2D eigenvalue weighted by atomic mass is 14.2. The molecule has 2 aromatic rings. The summed E-state index contributed by atoms with van der Waals surface area (Å²) in [4.78, 5) is 0. The van der Waals surface area contributed by atoms with Crippen molar-refractivity contribution in [3.63, 3.8) is 0 Å². The second kappa shape index (κ2) is 5.35. The molecule has 0 bridgehead atoms. The van der Waals surface area contributed by atoms with Gasteiger partial charge in [0.05, 0.1) is 0 Å². The molecule has 0 fully saturated rings. The van der Waals surface area contributed by atoms with Crippen LogP contribution in [0, 0.1) is 5.92 Å². The maximum absolute atomic E-state index is 2.37. The number of hydrogen-bond acceptors (Lipinski definition) is 0. The molecule has 90 valence electrons. The predicted molar refractivity (Wildman–Crippen MR) is 76.5 cm³/mol. The van der Waals surface area contributed by atoms with Gasteiger partial charge in [-0.3, -0.25) is 0 Å². The molecule has 0 heteroatoms. The minimum atomic E-state index is 0.850. The van der Waals surface area contributed by atoms with Crippen LogP contribution in [0.15, 0.2) is 36.4 Å². The molecule has 2 aromatic carbocycles. The van der Waals surface area contributed by atoms with Crippen LogP contribution in [0.3, 0.4) is 0 Å². The lowest BCUT2D eigenvalue weighted by atomic mass is 9.82. The summed E-state index contributed by atoms with van der Waals surface area (Å²) < 4.78 is 0. The van der Waals surface area contributed by atoms with Crippen molar-refractivity contribution >= 4 is 10.8 Å². The third-order valence-electron chi connectivity index (χ3n) is 3.60. The molecule has 1 aliphatic carbocycles. The topological polar surface area (TPSA) is 0 Å². The average molecular weight is 226 g/mol. The molecule has 3 rings (SSSR count). The highest BCUT2D eigenvalue weighted by Gasteiger charge is 2.16. The first-order valence-electron chi connectivity index (χ1n) is 6.84. The van der Waals surface area contributed by atoms with Gasteiger partial charge < -0.3 is 0 Å². The van der Waals surface area contributed by atoms with E-state index >= 15 is 0 Å². The molecule has 0 amide bonds.